The summed E-state index contributed by atoms with van der Waals surface area (Å²) in [6, 6.07) is 14.0. The predicted molar refractivity (Wildman–Crippen MR) is 127 cm³/mol. The van der Waals surface area contributed by atoms with E-state index in [0.717, 1.165) is 11.3 Å². The number of aromatic nitrogens is 2. The zero-order valence-corrected chi connectivity index (χ0v) is 19.5. The second kappa shape index (κ2) is 11.3. The van der Waals surface area contributed by atoms with Gasteiger partial charge in [-0.15, -0.1) is 0 Å². The Labute approximate surface area is 195 Å². The number of nitrogens with zero attached hydrogens (tertiary/aromatic N) is 1. The molecule has 2 N–H and O–H groups in total. The number of methoxy groups -OCH3 is 1. The van der Waals surface area contributed by atoms with E-state index in [1.165, 1.54) is 11.8 Å². The van der Waals surface area contributed by atoms with Gasteiger partial charge in [0.25, 0.3) is 5.56 Å². The van der Waals surface area contributed by atoms with Crippen molar-refractivity contribution in [1.29, 1.82) is 0 Å². The van der Waals surface area contributed by atoms with Crippen molar-refractivity contribution in [2.24, 2.45) is 0 Å². The summed E-state index contributed by atoms with van der Waals surface area (Å²) in [7, 11) is 1.61. The lowest BCUT2D eigenvalue weighted by molar-refractivity contribution is -0.115. The highest BCUT2D eigenvalue weighted by Gasteiger charge is 2.14. The second-order valence-electron chi connectivity index (χ2n) is 7.10. The first-order valence-corrected chi connectivity index (χ1v) is 11.3. The maximum absolute atomic E-state index is 12.6. The number of thioether (sulfide) groups is 1. The van der Waals surface area contributed by atoms with Gasteiger partial charge in [0.15, 0.2) is 5.16 Å². The molecule has 0 aliphatic carbocycles. The van der Waals surface area contributed by atoms with Crippen molar-refractivity contribution in [1.82, 2.24) is 9.97 Å². The normalized spacial score (nSPS) is 10.5. The van der Waals surface area contributed by atoms with Crippen LogP contribution in [0, 0.1) is 6.92 Å². The Bertz CT molecular complexity index is 1190. The molecule has 9 heteroatoms. The Morgan fingerprint density at radius 1 is 1.15 bits per heavy atom. The minimum atomic E-state index is -0.423. The number of carbonyl (C=O) groups excluding carboxylic acids is 2. The molecule has 0 aliphatic heterocycles. The highest BCUT2D eigenvalue weighted by molar-refractivity contribution is 7.98. The fraction of sp³-hybridized carbons (Fsp3) is 0.250. The molecule has 8 nitrogen and oxygen atoms in total. The van der Waals surface area contributed by atoms with Gasteiger partial charge in [0, 0.05) is 22.7 Å². The number of amides is 1. The van der Waals surface area contributed by atoms with Gasteiger partial charge in [0.1, 0.15) is 5.75 Å². The number of hydrogen-bond acceptors (Lipinski definition) is 7. The van der Waals surface area contributed by atoms with Crippen LogP contribution in [-0.4, -0.2) is 35.6 Å². The van der Waals surface area contributed by atoms with Gasteiger partial charge in [-0.25, -0.2) is 9.78 Å². The molecular formula is C24H25N3O5S. The molecule has 2 aromatic carbocycles. The minimum Gasteiger partial charge on any atom is -0.497 e. The first kappa shape index (κ1) is 24.1. The Balaban J connectivity index is 1.62. The van der Waals surface area contributed by atoms with Crippen LogP contribution in [0.25, 0.3) is 0 Å². The fourth-order valence-corrected chi connectivity index (χ4v) is 3.89. The van der Waals surface area contributed by atoms with Crippen LogP contribution in [0.3, 0.4) is 0 Å². The third-order valence-electron chi connectivity index (χ3n) is 4.73. The molecule has 0 bridgehead atoms. The van der Waals surface area contributed by atoms with Gasteiger partial charge in [-0.05, 0) is 55.8 Å². The van der Waals surface area contributed by atoms with E-state index in [0.29, 0.717) is 33.4 Å². The van der Waals surface area contributed by atoms with Gasteiger partial charge in [-0.3, -0.25) is 9.59 Å². The third kappa shape index (κ3) is 6.69. The molecule has 0 saturated heterocycles. The van der Waals surface area contributed by atoms with Gasteiger partial charge in [-0.2, -0.15) is 0 Å². The van der Waals surface area contributed by atoms with Crippen molar-refractivity contribution in [2.75, 3.05) is 19.0 Å². The van der Waals surface area contributed by atoms with Crippen molar-refractivity contribution < 1.29 is 19.1 Å². The monoisotopic (exact) mass is 467 g/mol. The maximum Gasteiger partial charge on any atom is 0.338 e. The number of ether oxygens (including phenoxy) is 2. The lowest BCUT2D eigenvalue weighted by atomic mass is 10.1. The van der Waals surface area contributed by atoms with Crippen LogP contribution >= 0.6 is 11.8 Å². The summed E-state index contributed by atoms with van der Waals surface area (Å²) in [6.07, 6.45) is -0.116. The molecule has 33 heavy (non-hydrogen) atoms. The number of aryl methyl sites for hydroxylation is 1. The number of anilines is 1. The maximum atomic E-state index is 12.6. The number of rotatable bonds is 9. The quantitative estimate of drug-likeness (QED) is 0.280. The molecule has 0 radical (unpaired) electrons. The summed E-state index contributed by atoms with van der Waals surface area (Å²) >= 11 is 1.40. The molecule has 0 unspecified atom stereocenters. The summed E-state index contributed by atoms with van der Waals surface area (Å²) in [5, 5.41) is 3.21. The van der Waals surface area contributed by atoms with E-state index < -0.39 is 5.97 Å². The van der Waals surface area contributed by atoms with Gasteiger partial charge in [-0.1, -0.05) is 23.9 Å². The number of aromatic amines is 1. The Morgan fingerprint density at radius 3 is 2.58 bits per heavy atom. The predicted octanol–water partition coefficient (Wildman–Crippen LogP) is 3.74. The topological polar surface area (TPSA) is 110 Å². The molecule has 0 aliphatic rings. The SMILES string of the molecule is CCOC(=O)c1ccc(NC(=O)Cc2c(C)nc(SCc3cccc(OC)c3)[nH]c2=O)cc1. The molecule has 0 fully saturated rings. The van der Waals surface area contributed by atoms with E-state index in [1.807, 2.05) is 24.3 Å². The van der Waals surface area contributed by atoms with Crippen LogP contribution in [0.1, 0.15) is 34.1 Å². The average molecular weight is 468 g/mol. The number of H-pyrrole nitrogens is 1. The molecule has 1 heterocycles. The molecular weight excluding hydrogens is 442 g/mol. The van der Waals surface area contributed by atoms with Crippen molar-refractivity contribution in [3.63, 3.8) is 0 Å². The van der Waals surface area contributed by atoms with Crippen LogP contribution in [0.15, 0.2) is 58.5 Å². The minimum absolute atomic E-state index is 0.116. The van der Waals surface area contributed by atoms with Crippen molar-refractivity contribution in [2.45, 2.75) is 31.2 Å². The second-order valence-corrected chi connectivity index (χ2v) is 8.06. The molecule has 0 spiro atoms. The molecule has 0 atom stereocenters. The first-order chi connectivity index (χ1) is 15.9. The Morgan fingerprint density at radius 2 is 1.91 bits per heavy atom. The molecule has 1 aromatic heterocycles. The van der Waals surface area contributed by atoms with E-state index in [9.17, 15) is 14.4 Å². The number of hydrogen-bond donors (Lipinski definition) is 2. The average Bonchev–Trinajstić information content (AvgIpc) is 2.81. The lowest BCUT2D eigenvalue weighted by Gasteiger charge is -2.09. The number of carbonyl (C=O) groups is 2. The van der Waals surface area contributed by atoms with E-state index in [-0.39, 0.29) is 24.5 Å². The van der Waals surface area contributed by atoms with Gasteiger partial charge >= 0.3 is 5.97 Å². The van der Waals surface area contributed by atoms with Gasteiger partial charge < -0.3 is 19.8 Å². The van der Waals surface area contributed by atoms with E-state index in [4.69, 9.17) is 9.47 Å². The van der Waals surface area contributed by atoms with E-state index in [1.54, 1.807) is 45.2 Å². The largest absolute Gasteiger partial charge is 0.497 e. The number of benzene rings is 2. The van der Waals surface area contributed by atoms with E-state index >= 15 is 0 Å². The van der Waals surface area contributed by atoms with Crippen molar-refractivity contribution in [3.05, 3.63) is 81.3 Å². The van der Waals surface area contributed by atoms with Gasteiger partial charge in [0.05, 0.1) is 25.7 Å². The molecule has 1 amide bonds. The third-order valence-corrected chi connectivity index (χ3v) is 5.67. The highest BCUT2D eigenvalue weighted by atomic mass is 32.2. The Kier molecular flexibility index (Phi) is 8.26. The summed E-state index contributed by atoms with van der Waals surface area (Å²) in [5.41, 5.74) is 2.41. The number of nitrogens with one attached hydrogen (secondary N) is 2. The summed E-state index contributed by atoms with van der Waals surface area (Å²) in [6.45, 7) is 3.73. The highest BCUT2D eigenvalue weighted by Crippen LogP contribution is 2.22. The van der Waals surface area contributed by atoms with Gasteiger partial charge in [0.2, 0.25) is 5.91 Å². The molecule has 0 saturated carbocycles. The van der Waals surface area contributed by atoms with Crippen LogP contribution < -0.4 is 15.6 Å². The van der Waals surface area contributed by atoms with Crippen LogP contribution in [0.2, 0.25) is 0 Å². The smallest absolute Gasteiger partial charge is 0.338 e. The summed E-state index contributed by atoms with van der Waals surface area (Å²) in [5.74, 6) is 0.600. The summed E-state index contributed by atoms with van der Waals surface area (Å²) < 4.78 is 10.2. The van der Waals surface area contributed by atoms with Crippen LogP contribution in [0.4, 0.5) is 5.69 Å². The van der Waals surface area contributed by atoms with Crippen molar-refractivity contribution >= 4 is 29.3 Å². The zero-order valence-electron chi connectivity index (χ0n) is 18.6. The van der Waals surface area contributed by atoms with Crippen LogP contribution in [0.5, 0.6) is 5.75 Å². The van der Waals surface area contributed by atoms with E-state index in [2.05, 4.69) is 15.3 Å². The molecule has 172 valence electrons. The lowest BCUT2D eigenvalue weighted by Crippen LogP contribution is -2.23. The van der Waals surface area contributed by atoms with Crippen LogP contribution in [-0.2, 0) is 21.7 Å². The van der Waals surface area contributed by atoms with Crippen molar-refractivity contribution in [3.8, 4) is 5.75 Å². The number of esters is 1. The Hall–Kier alpha value is -3.59. The zero-order chi connectivity index (χ0) is 23.8. The fourth-order valence-electron chi connectivity index (χ4n) is 3.04. The first-order valence-electron chi connectivity index (χ1n) is 10.3. The molecule has 3 aromatic rings. The standard InChI is InChI=1S/C24H25N3O5S/c1-4-32-23(30)17-8-10-18(11-9-17)26-21(28)13-20-15(2)25-24(27-22(20)29)33-14-16-6-5-7-19(12-16)31-3/h5-12H,4,13-14H2,1-3H3,(H,26,28)(H,25,27,29). The summed E-state index contributed by atoms with van der Waals surface area (Å²) in [4.78, 5) is 44.0. The molecule has 3 rings (SSSR count).